The second-order valence-corrected chi connectivity index (χ2v) is 7.93. The van der Waals surface area contributed by atoms with Crippen molar-refractivity contribution >= 4 is 11.9 Å². The van der Waals surface area contributed by atoms with Crippen LogP contribution in [0.4, 0.5) is 0 Å². The number of amides is 1. The number of ether oxygens (including phenoxy) is 1. The quantitative estimate of drug-likeness (QED) is 0.785. The van der Waals surface area contributed by atoms with Gasteiger partial charge in [-0.25, -0.2) is 0 Å². The van der Waals surface area contributed by atoms with E-state index < -0.39 is 11.0 Å². The zero-order chi connectivity index (χ0) is 18.1. The van der Waals surface area contributed by atoms with Crippen molar-refractivity contribution in [3.63, 3.8) is 0 Å². The third-order valence-electron chi connectivity index (χ3n) is 4.87. The van der Waals surface area contributed by atoms with Crippen LogP contribution in [-0.2, 0) is 14.3 Å². The molecule has 0 spiro atoms. The molecular formula is C20H29NO3. The molecular weight excluding hydrogens is 302 g/mol. The molecule has 1 heterocycles. The lowest BCUT2D eigenvalue weighted by Gasteiger charge is -2.31. The number of hydrogen-bond donors (Lipinski definition) is 0. The van der Waals surface area contributed by atoms with Crippen LogP contribution in [0.25, 0.3) is 0 Å². The van der Waals surface area contributed by atoms with Gasteiger partial charge in [-0.3, -0.25) is 9.59 Å². The van der Waals surface area contributed by atoms with Crippen molar-refractivity contribution in [1.29, 1.82) is 0 Å². The average molecular weight is 331 g/mol. The Morgan fingerprint density at radius 3 is 2.42 bits per heavy atom. The van der Waals surface area contributed by atoms with E-state index in [9.17, 15) is 9.59 Å². The summed E-state index contributed by atoms with van der Waals surface area (Å²) in [7, 11) is 0. The van der Waals surface area contributed by atoms with Crippen LogP contribution in [0.15, 0.2) is 30.3 Å². The molecule has 0 aromatic heterocycles. The van der Waals surface area contributed by atoms with Crippen LogP contribution in [-0.4, -0.2) is 28.9 Å². The van der Waals surface area contributed by atoms with Gasteiger partial charge in [0, 0.05) is 6.54 Å². The first-order chi connectivity index (χ1) is 11.1. The molecule has 4 heteroatoms. The van der Waals surface area contributed by atoms with E-state index >= 15 is 0 Å². The van der Waals surface area contributed by atoms with Gasteiger partial charge in [-0.15, -0.1) is 0 Å². The van der Waals surface area contributed by atoms with E-state index in [0.717, 1.165) is 5.56 Å². The van der Waals surface area contributed by atoms with Gasteiger partial charge in [-0.1, -0.05) is 37.3 Å². The molecule has 0 radical (unpaired) electrons. The molecule has 1 amide bonds. The first kappa shape index (κ1) is 18.5. The van der Waals surface area contributed by atoms with Gasteiger partial charge in [-0.2, -0.15) is 0 Å². The molecule has 1 saturated heterocycles. The van der Waals surface area contributed by atoms with Crippen LogP contribution < -0.4 is 0 Å². The third-order valence-corrected chi connectivity index (χ3v) is 4.87. The van der Waals surface area contributed by atoms with Crippen LogP contribution in [0.3, 0.4) is 0 Å². The summed E-state index contributed by atoms with van der Waals surface area (Å²) >= 11 is 0. The van der Waals surface area contributed by atoms with Crippen molar-refractivity contribution in [2.45, 2.75) is 59.6 Å². The Hall–Kier alpha value is -1.84. The molecule has 2 rings (SSSR count). The molecule has 132 valence electrons. The fraction of sp³-hybridized carbons (Fsp3) is 0.600. The molecule has 1 aromatic carbocycles. The molecule has 0 saturated carbocycles. The SMILES string of the molecule is CCC1C(=O)N([C@H](C)c2ccccc2)C[C@@]1(C)C(=O)OC(C)(C)C. The average Bonchev–Trinajstić information content (AvgIpc) is 2.78. The van der Waals surface area contributed by atoms with E-state index in [0.29, 0.717) is 13.0 Å². The standard InChI is InChI=1S/C20H29NO3/c1-7-16-17(22)21(14(2)15-11-9-8-10-12-15)13-20(16,6)18(23)24-19(3,4)5/h8-12,14,16H,7,13H2,1-6H3/t14-,16?,20-/m1/s1. The summed E-state index contributed by atoms with van der Waals surface area (Å²) in [4.78, 5) is 27.6. The van der Waals surface area contributed by atoms with Crippen molar-refractivity contribution in [3.8, 4) is 0 Å². The fourth-order valence-corrected chi connectivity index (χ4v) is 3.48. The third kappa shape index (κ3) is 3.47. The first-order valence-corrected chi connectivity index (χ1v) is 8.69. The zero-order valence-corrected chi connectivity index (χ0v) is 15.6. The maximum Gasteiger partial charge on any atom is 0.314 e. The number of hydrogen-bond acceptors (Lipinski definition) is 3. The van der Waals surface area contributed by atoms with Crippen molar-refractivity contribution in [3.05, 3.63) is 35.9 Å². The monoisotopic (exact) mass is 331 g/mol. The van der Waals surface area contributed by atoms with E-state index in [1.807, 2.05) is 76.8 Å². The number of esters is 1. The topological polar surface area (TPSA) is 46.6 Å². The smallest absolute Gasteiger partial charge is 0.314 e. The summed E-state index contributed by atoms with van der Waals surface area (Å²) < 4.78 is 5.62. The minimum atomic E-state index is -0.803. The number of carbonyl (C=O) groups is 2. The molecule has 0 bridgehead atoms. The second-order valence-electron chi connectivity index (χ2n) is 7.93. The lowest BCUT2D eigenvalue weighted by molar-refractivity contribution is -0.169. The largest absolute Gasteiger partial charge is 0.459 e. The number of nitrogens with zero attached hydrogens (tertiary/aromatic N) is 1. The number of benzene rings is 1. The molecule has 0 N–H and O–H groups in total. The van der Waals surface area contributed by atoms with Crippen molar-refractivity contribution in [2.75, 3.05) is 6.54 Å². The Morgan fingerprint density at radius 1 is 1.33 bits per heavy atom. The van der Waals surface area contributed by atoms with Crippen molar-refractivity contribution in [1.82, 2.24) is 4.90 Å². The number of carbonyl (C=O) groups excluding carboxylic acids is 2. The normalized spacial score (nSPS) is 25.7. The van der Waals surface area contributed by atoms with Crippen LogP contribution in [0.1, 0.15) is 59.6 Å². The Bertz CT molecular complexity index is 605. The van der Waals surface area contributed by atoms with Crippen LogP contribution in [0.2, 0.25) is 0 Å². The summed E-state index contributed by atoms with van der Waals surface area (Å²) in [5, 5.41) is 0. The van der Waals surface area contributed by atoms with Crippen molar-refractivity contribution in [2.24, 2.45) is 11.3 Å². The molecule has 1 aliphatic heterocycles. The lowest BCUT2D eigenvalue weighted by Crippen LogP contribution is -2.41. The van der Waals surface area contributed by atoms with Crippen LogP contribution >= 0.6 is 0 Å². The molecule has 1 unspecified atom stereocenters. The van der Waals surface area contributed by atoms with Gasteiger partial charge in [0.25, 0.3) is 0 Å². The number of rotatable bonds is 4. The maximum absolute atomic E-state index is 13.0. The highest BCUT2D eigenvalue weighted by Crippen LogP contribution is 2.43. The van der Waals surface area contributed by atoms with Gasteiger partial charge in [0.1, 0.15) is 5.60 Å². The van der Waals surface area contributed by atoms with E-state index in [1.54, 1.807) is 0 Å². The highest BCUT2D eigenvalue weighted by molar-refractivity contribution is 5.92. The summed E-state index contributed by atoms with van der Waals surface area (Å²) in [6.45, 7) is 11.8. The van der Waals surface area contributed by atoms with Gasteiger partial charge in [0.05, 0.1) is 17.4 Å². The Labute approximate surface area is 145 Å². The van der Waals surface area contributed by atoms with Gasteiger partial charge >= 0.3 is 5.97 Å². The summed E-state index contributed by atoms with van der Waals surface area (Å²) in [6.07, 6.45) is 0.632. The highest BCUT2D eigenvalue weighted by Gasteiger charge is 2.55. The van der Waals surface area contributed by atoms with Gasteiger partial charge in [0.15, 0.2) is 0 Å². The zero-order valence-electron chi connectivity index (χ0n) is 15.6. The summed E-state index contributed by atoms with van der Waals surface area (Å²) in [5.41, 5.74) is -0.281. The predicted octanol–water partition coefficient (Wildman–Crippen LogP) is 3.96. The molecule has 1 aliphatic rings. The molecule has 3 atom stereocenters. The Balaban J connectivity index is 2.29. The summed E-state index contributed by atoms with van der Waals surface area (Å²) in [6, 6.07) is 9.87. The van der Waals surface area contributed by atoms with E-state index in [2.05, 4.69) is 0 Å². The molecule has 4 nitrogen and oxygen atoms in total. The minimum absolute atomic E-state index is 0.0437. The molecule has 1 aromatic rings. The van der Waals surface area contributed by atoms with Crippen LogP contribution in [0.5, 0.6) is 0 Å². The maximum atomic E-state index is 13.0. The fourth-order valence-electron chi connectivity index (χ4n) is 3.48. The summed E-state index contributed by atoms with van der Waals surface area (Å²) in [5.74, 6) is -0.571. The second kappa shape index (κ2) is 6.58. The number of likely N-dealkylation sites (tertiary alicyclic amines) is 1. The Morgan fingerprint density at radius 2 is 1.92 bits per heavy atom. The first-order valence-electron chi connectivity index (χ1n) is 8.69. The highest BCUT2D eigenvalue weighted by atomic mass is 16.6. The van der Waals surface area contributed by atoms with E-state index in [-0.39, 0.29) is 23.8 Å². The predicted molar refractivity (Wildman–Crippen MR) is 94.3 cm³/mol. The van der Waals surface area contributed by atoms with Gasteiger partial charge in [-0.05, 0) is 46.6 Å². The van der Waals surface area contributed by atoms with Crippen molar-refractivity contribution < 1.29 is 14.3 Å². The van der Waals surface area contributed by atoms with Crippen LogP contribution in [0, 0.1) is 11.3 Å². The van der Waals surface area contributed by atoms with E-state index in [4.69, 9.17) is 4.74 Å². The van der Waals surface area contributed by atoms with Gasteiger partial charge in [0.2, 0.25) is 5.91 Å². The Kier molecular flexibility index (Phi) is 5.07. The minimum Gasteiger partial charge on any atom is -0.459 e. The van der Waals surface area contributed by atoms with E-state index in [1.165, 1.54) is 0 Å². The molecule has 24 heavy (non-hydrogen) atoms. The molecule has 1 fully saturated rings. The van der Waals surface area contributed by atoms with Gasteiger partial charge < -0.3 is 9.64 Å². The molecule has 0 aliphatic carbocycles. The lowest BCUT2D eigenvalue weighted by atomic mass is 9.78.